The van der Waals surface area contributed by atoms with Gasteiger partial charge in [-0.15, -0.1) is 11.3 Å². The van der Waals surface area contributed by atoms with Gasteiger partial charge in [-0.25, -0.2) is 4.98 Å². The summed E-state index contributed by atoms with van der Waals surface area (Å²) in [5.41, 5.74) is 1.70. The van der Waals surface area contributed by atoms with Gasteiger partial charge < -0.3 is 10.0 Å². The van der Waals surface area contributed by atoms with Crippen molar-refractivity contribution >= 4 is 23.2 Å². The van der Waals surface area contributed by atoms with Gasteiger partial charge in [-0.1, -0.05) is 30.3 Å². The van der Waals surface area contributed by atoms with Crippen LogP contribution >= 0.6 is 11.3 Å². The van der Waals surface area contributed by atoms with E-state index in [0.29, 0.717) is 17.8 Å². The number of hydrogen-bond donors (Lipinski definition) is 1. The van der Waals surface area contributed by atoms with Crippen LogP contribution in [0.3, 0.4) is 0 Å². The van der Waals surface area contributed by atoms with Crippen LogP contribution in [-0.2, 0) is 4.79 Å². The first-order valence-corrected chi connectivity index (χ1v) is 9.40. The summed E-state index contributed by atoms with van der Waals surface area (Å²) in [5.74, 6) is -0.486. The zero-order valence-electron chi connectivity index (χ0n) is 14.3. The van der Waals surface area contributed by atoms with Gasteiger partial charge >= 0.3 is 5.97 Å². The molecule has 0 saturated carbocycles. The van der Waals surface area contributed by atoms with Gasteiger partial charge in [-0.3, -0.25) is 9.59 Å². The molecule has 1 aliphatic rings. The topological polar surface area (TPSA) is 70.5 Å². The van der Waals surface area contributed by atoms with Crippen molar-refractivity contribution in [3.8, 4) is 11.3 Å². The van der Waals surface area contributed by atoms with Crippen molar-refractivity contribution in [2.75, 3.05) is 13.1 Å². The van der Waals surface area contributed by atoms with Gasteiger partial charge in [0.25, 0.3) is 5.91 Å². The van der Waals surface area contributed by atoms with Crippen LogP contribution in [0.2, 0.25) is 0 Å². The predicted octanol–water partition coefficient (Wildman–Crippen LogP) is 3.84. The molecule has 5 nitrogen and oxygen atoms in total. The van der Waals surface area contributed by atoms with Gasteiger partial charge in [0.15, 0.2) is 0 Å². The minimum absolute atomic E-state index is 0.0180. The molecule has 1 amide bonds. The molecule has 1 aromatic heterocycles. The third-order valence-electron chi connectivity index (χ3n) is 4.55. The van der Waals surface area contributed by atoms with E-state index < -0.39 is 5.97 Å². The molecule has 1 unspecified atom stereocenters. The van der Waals surface area contributed by atoms with Crippen molar-refractivity contribution in [3.05, 3.63) is 40.2 Å². The molecule has 0 radical (unpaired) electrons. The molecule has 1 aliphatic heterocycles. The summed E-state index contributed by atoms with van der Waals surface area (Å²) in [6.45, 7) is 3.28. The van der Waals surface area contributed by atoms with Gasteiger partial charge in [0.1, 0.15) is 4.88 Å². The number of aromatic nitrogens is 1. The monoisotopic (exact) mass is 358 g/mol. The molecule has 1 fully saturated rings. The number of thiazole rings is 1. The maximum absolute atomic E-state index is 13.1. The predicted molar refractivity (Wildman–Crippen MR) is 97.8 cm³/mol. The molecule has 2 heterocycles. The van der Waals surface area contributed by atoms with Crippen molar-refractivity contribution in [1.82, 2.24) is 9.88 Å². The first kappa shape index (κ1) is 17.6. The normalized spacial score (nSPS) is 17.5. The van der Waals surface area contributed by atoms with Crippen LogP contribution < -0.4 is 0 Å². The van der Waals surface area contributed by atoms with E-state index in [1.165, 1.54) is 11.3 Å². The first-order valence-electron chi connectivity index (χ1n) is 8.58. The van der Waals surface area contributed by atoms with E-state index in [1.54, 1.807) is 0 Å². The third kappa shape index (κ3) is 4.25. The Kier molecular flexibility index (Phi) is 5.48. The molecule has 1 atom stereocenters. The molecule has 0 spiro atoms. The molecule has 0 bridgehead atoms. The van der Waals surface area contributed by atoms with E-state index in [-0.39, 0.29) is 18.2 Å². The fraction of sp³-hybridized carbons (Fsp3) is 0.421. The Morgan fingerprint density at radius 2 is 2.08 bits per heavy atom. The van der Waals surface area contributed by atoms with E-state index in [0.717, 1.165) is 35.7 Å². The zero-order chi connectivity index (χ0) is 17.8. The first-order chi connectivity index (χ1) is 12.0. The number of aryl methyl sites for hydroxylation is 1. The minimum atomic E-state index is -0.770. The molecule has 0 aliphatic carbocycles. The lowest BCUT2D eigenvalue weighted by molar-refractivity contribution is -0.137. The number of nitrogens with zero attached hydrogens (tertiary/aromatic N) is 2. The lowest BCUT2D eigenvalue weighted by atomic mass is 9.93. The summed E-state index contributed by atoms with van der Waals surface area (Å²) in [4.78, 5) is 31.0. The molecule has 1 N–H and O–H groups in total. The molecule has 1 aromatic carbocycles. The minimum Gasteiger partial charge on any atom is -0.481 e. The number of amides is 1. The number of piperidine rings is 1. The maximum Gasteiger partial charge on any atom is 0.303 e. The second-order valence-electron chi connectivity index (χ2n) is 6.47. The Balaban J connectivity index is 1.78. The number of rotatable bonds is 5. The second-order valence-corrected chi connectivity index (χ2v) is 7.67. The van der Waals surface area contributed by atoms with Crippen molar-refractivity contribution in [3.63, 3.8) is 0 Å². The summed E-state index contributed by atoms with van der Waals surface area (Å²) in [6.07, 6.45) is 2.72. The van der Waals surface area contributed by atoms with E-state index in [1.807, 2.05) is 42.2 Å². The van der Waals surface area contributed by atoms with E-state index >= 15 is 0 Å². The Morgan fingerprint density at radius 3 is 2.80 bits per heavy atom. The zero-order valence-corrected chi connectivity index (χ0v) is 15.1. The van der Waals surface area contributed by atoms with Crippen molar-refractivity contribution in [1.29, 1.82) is 0 Å². The number of carboxylic acid groups (broad SMARTS) is 1. The highest BCUT2D eigenvalue weighted by atomic mass is 32.1. The molecule has 1 saturated heterocycles. The van der Waals surface area contributed by atoms with Gasteiger partial charge in [0, 0.05) is 25.1 Å². The quantitative estimate of drug-likeness (QED) is 0.882. The Morgan fingerprint density at radius 1 is 1.32 bits per heavy atom. The summed E-state index contributed by atoms with van der Waals surface area (Å²) in [5, 5.41) is 9.75. The average molecular weight is 358 g/mol. The number of carboxylic acids is 1. The Hall–Kier alpha value is -2.21. The van der Waals surface area contributed by atoms with Crippen molar-refractivity contribution < 1.29 is 14.7 Å². The molecule has 3 rings (SSSR count). The maximum atomic E-state index is 13.1. The fourth-order valence-electron chi connectivity index (χ4n) is 3.32. The van der Waals surface area contributed by atoms with Gasteiger partial charge in [0.2, 0.25) is 0 Å². The van der Waals surface area contributed by atoms with Crippen LogP contribution in [0.25, 0.3) is 11.3 Å². The lowest BCUT2D eigenvalue weighted by Gasteiger charge is -2.32. The number of likely N-dealkylation sites (tertiary alicyclic amines) is 1. The molecule has 2 aromatic rings. The smallest absolute Gasteiger partial charge is 0.303 e. The Labute approximate surface area is 151 Å². The van der Waals surface area contributed by atoms with Crippen LogP contribution in [0, 0.1) is 12.8 Å². The molecular formula is C19H22N2O3S. The molecule has 25 heavy (non-hydrogen) atoms. The molecule has 6 heteroatoms. The number of carbonyl (C=O) groups is 2. The fourth-order valence-corrected chi connectivity index (χ4v) is 4.23. The third-order valence-corrected chi connectivity index (χ3v) is 5.51. The number of hydrogen-bond acceptors (Lipinski definition) is 4. The number of benzene rings is 1. The summed E-state index contributed by atoms with van der Waals surface area (Å²) >= 11 is 1.43. The molecular weight excluding hydrogens is 336 g/mol. The van der Waals surface area contributed by atoms with Crippen LogP contribution in [0.15, 0.2) is 30.3 Å². The van der Waals surface area contributed by atoms with Gasteiger partial charge in [0.05, 0.1) is 10.7 Å². The summed E-state index contributed by atoms with van der Waals surface area (Å²) < 4.78 is 0. The Bertz CT molecular complexity index is 757. The number of carbonyl (C=O) groups excluding carboxylic acids is 1. The van der Waals surface area contributed by atoms with Gasteiger partial charge in [-0.05, 0) is 32.1 Å². The molecule has 132 valence electrons. The number of aliphatic carboxylic acids is 1. The van der Waals surface area contributed by atoms with E-state index in [4.69, 9.17) is 5.11 Å². The van der Waals surface area contributed by atoms with Crippen LogP contribution in [-0.4, -0.2) is 40.0 Å². The van der Waals surface area contributed by atoms with Crippen LogP contribution in [0.4, 0.5) is 0 Å². The van der Waals surface area contributed by atoms with E-state index in [9.17, 15) is 9.59 Å². The highest BCUT2D eigenvalue weighted by Crippen LogP contribution is 2.31. The van der Waals surface area contributed by atoms with Crippen LogP contribution in [0.1, 0.15) is 40.4 Å². The van der Waals surface area contributed by atoms with Crippen molar-refractivity contribution in [2.45, 2.75) is 32.6 Å². The summed E-state index contributed by atoms with van der Waals surface area (Å²) in [6, 6.07) is 9.78. The average Bonchev–Trinajstić information content (AvgIpc) is 3.02. The van der Waals surface area contributed by atoms with E-state index in [2.05, 4.69) is 4.98 Å². The highest BCUT2D eigenvalue weighted by molar-refractivity contribution is 7.14. The van der Waals surface area contributed by atoms with Crippen LogP contribution in [0.5, 0.6) is 0 Å². The summed E-state index contributed by atoms with van der Waals surface area (Å²) in [7, 11) is 0. The SMILES string of the molecule is Cc1nc(-c2ccccc2)c(C(=O)N2CCCC(CCC(=O)O)C2)s1. The second kappa shape index (κ2) is 7.78. The standard InChI is InChI=1S/C19H22N2O3S/c1-13-20-17(15-7-3-2-4-8-15)18(25-13)19(24)21-11-5-6-14(12-21)9-10-16(22)23/h2-4,7-8,14H,5-6,9-12H2,1H3,(H,22,23). The highest BCUT2D eigenvalue weighted by Gasteiger charge is 2.28. The lowest BCUT2D eigenvalue weighted by Crippen LogP contribution is -2.40. The van der Waals surface area contributed by atoms with Crippen molar-refractivity contribution in [2.24, 2.45) is 5.92 Å². The largest absolute Gasteiger partial charge is 0.481 e. The van der Waals surface area contributed by atoms with Gasteiger partial charge in [-0.2, -0.15) is 0 Å².